The highest BCUT2D eigenvalue weighted by Crippen LogP contribution is 2.31. The Morgan fingerprint density at radius 1 is 1.33 bits per heavy atom. The lowest BCUT2D eigenvalue weighted by atomic mass is 9.89. The molecule has 15 heavy (non-hydrogen) atoms. The van der Waals surface area contributed by atoms with Crippen LogP contribution in [0.25, 0.3) is 0 Å². The van der Waals surface area contributed by atoms with Crippen molar-refractivity contribution in [2.75, 3.05) is 39.5 Å². The maximum atomic E-state index is 5.98. The van der Waals surface area contributed by atoms with Gasteiger partial charge in [0, 0.05) is 32.8 Å². The van der Waals surface area contributed by atoms with Gasteiger partial charge in [0.25, 0.3) is 0 Å². The molecule has 0 bridgehead atoms. The monoisotopic (exact) mass is 214 g/mol. The Hall–Kier alpha value is -0.160. The van der Waals surface area contributed by atoms with Crippen LogP contribution in [0.1, 0.15) is 19.8 Å². The third-order valence-corrected chi connectivity index (χ3v) is 3.87. The van der Waals surface area contributed by atoms with Crippen LogP contribution >= 0.6 is 0 Å². The van der Waals surface area contributed by atoms with Gasteiger partial charge >= 0.3 is 0 Å². The Bertz CT molecular complexity index is 205. The first kappa shape index (κ1) is 11.3. The predicted octanol–water partition coefficient (Wildman–Crippen LogP) is 0.215. The number of nitrogens with zero attached hydrogens (tertiary/aromatic N) is 1. The smallest absolute Gasteiger partial charge is 0.0743 e. The highest BCUT2D eigenvalue weighted by Gasteiger charge is 2.45. The van der Waals surface area contributed by atoms with E-state index in [1.165, 1.54) is 0 Å². The molecule has 0 aliphatic carbocycles. The second kappa shape index (κ2) is 4.78. The zero-order valence-electron chi connectivity index (χ0n) is 9.58. The third kappa shape index (κ3) is 2.04. The van der Waals surface area contributed by atoms with Crippen molar-refractivity contribution in [2.45, 2.75) is 31.4 Å². The third-order valence-electron chi connectivity index (χ3n) is 3.87. The Kier molecular flexibility index (Phi) is 3.61. The van der Waals surface area contributed by atoms with Crippen LogP contribution < -0.4 is 5.73 Å². The lowest BCUT2D eigenvalue weighted by Gasteiger charge is -2.41. The van der Waals surface area contributed by atoms with Crippen molar-refractivity contribution in [1.82, 2.24) is 4.90 Å². The number of hydrogen-bond acceptors (Lipinski definition) is 4. The summed E-state index contributed by atoms with van der Waals surface area (Å²) in [5, 5.41) is 0. The summed E-state index contributed by atoms with van der Waals surface area (Å²) in [6.45, 7) is 7.46. The molecule has 2 N–H and O–H groups in total. The van der Waals surface area contributed by atoms with E-state index in [2.05, 4.69) is 11.8 Å². The van der Waals surface area contributed by atoms with E-state index in [1.54, 1.807) is 0 Å². The van der Waals surface area contributed by atoms with Gasteiger partial charge in [0.05, 0.1) is 18.2 Å². The van der Waals surface area contributed by atoms with Crippen molar-refractivity contribution in [1.29, 1.82) is 0 Å². The first-order valence-corrected chi connectivity index (χ1v) is 5.94. The summed E-state index contributed by atoms with van der Waals surface area (Å²) in [5.74, 6) is 0. The first-order valence-electron chi connectivity index (χ1n) is 5.94. The molecule has 2 fully saturated rings. The van der Waals surface area contributed by atoms with Crippen LogP contribution in [0.5, 0.6) is 0 Å². The molecule has 0 amide bonds. The molecule has 0 spiro atoms. The Morgan fingerprint density at radius 3 is 2.87 bits per heavy atom. The fourth-order valence-electron chi connectivity index (χ4n) is 2.77. The predicted molar refractivity (Wildman–Crippen MR) is 58.8 cm³/mol. The SMILES string of the molecule is CC1OCCC1(CN)N1CCCOCC1. The quantitative estimate of drug-likeness (QED) is 0.714. The Balaban J connectivity index is 2.09. The lowest BCUT2D eigenvalue weighted by molar-refractivity contribution is 0.0130. The van der Waals surface area contributed by atoms with Gasteiger partial charge in [-0.05, 0) is 19.8 Å². The summed E-state index contributed by atoms with van der Waals surface area (Å²) >= 11 is 0. The van der Waals surface area contributed by atoms with Crippen LogP contribution in [0.2, 0.25) is 0 Å². The van der Waals surface area contributed by atoms with Gasteiger partial charge in [0.1, 0.15) is 0 Å². The molecule has 2 heterocycles. The van der Waals surface area contributed by atoms with Gasteiger partial charge in [-0.2, -0.15) is 0 Å². The van der Waals surface area contributed by atoms with Crippen LogP contribution in [-0.2, 0) is 9.47 Å². The molecule has 4 nitrogen and oxygen atoms in total. The fourth-order valence-corrected chi connectivity index (χ4v) is 2.77. The zero-order valence-corrected chi connectivity index (χ0v) is 9.58. The van der Waals surface area contributed by atoms with E-state index in [0.717, 1.165) is 45.8 Å². The minimum absolute atomic E-state index is 0.0632. The molecule has 2 saturated heterocycles. The van der Waals surface area contributed by atoms with Gasteiger partial charge in [-0.1, -0.05) is 0 Å². The Morgan fingerprint density at radius 2 is 2.20 bits per heavy atom. The number of ether oxygens (including phenoxy) is 2. The molecule has 2 aliphatic heterocycles. The minimum Gasteiger partial charge on any atom is -0.380 e. The van der Waals surface area contributed by atoms with E-state index in [1.807, 2.05) is 0 Å². The van der Waals surface area contributed by atoms with E-state index in [4.69, 9.17) is 15.2 Å². The molecule has 0 aromatic carbocycles. The average Bonchev–Trinajstić information content (AvgIpc) is 2.49. The van der Waals surface area contributed by atoms with Crippen LogP contribution in [-0.4, -0.2) is 56.0 Å². The van der Waals surface area contributed by atoms with Crippen LogP contribution in [0.4, 0.5) is 0 Å². The number of rotatable bonds is 2. The fraction of sp³-hybridized carbons (Fsp3) is 1.00. The highest BCUT2D eigenvalue weighted by molar-refractivity contribution is 5.00. The molecular weight excluding hydrogens is 192 g/mol. The van der Waals surface area contributed by atoms with Gasteiger partial charge < -0.3 is 15.2 Å². The summed E-state index contributed by atoms with van der Waals surface area (Å²) in [5.41, 5.74) is 6.04. The summed E-state index contributed by atoms with van der Waals surface area (Å²) in [6, 6.07) is 0. The van der Waals surface area contributed by atoms with Crippen molar-refractivity contribution < 1.29 is 9.47 Å². The van der Waals surface area contributed by atoms with Gasteiger partial charge in [-0.15, -0.1) is 0 Å². The maximum Gasteiger partial charge on any atom is 0.0743 e. The normalized spacial score (nSPS) is 39.2. The minimum atomic E-state index is 0.0632. The van der Waals surface area contributed by atoms with Crippen molar-refractivity contribution >= 4 is 0 Å². The Labute approximate surface area is 91.7 Å². The zero-order chi connectivity index (χ0) is 10.7. The van der Waals surface area contributed by atoms with E-state index >= 15 is 0 Å². The van der Waals surface area contributed by atoms with E-state index in [9.17, 15) is 0 Å². The highest BCUT2D eigenvalue weighted by atomic mass is 16.5. The molecular formula is C11H22N2O2. The van der Waals surface area contributed by atoms with Crippen LogP contribution in [0.3, 0.4) is 0 Å². The first-order chi connectivity index (χ1) is 7.29. The van der Waals surface area contributed by atoms with Gasteiger partial charge in [-0.3, -0.25) is 4.90 Å². The van der Waals surface area contributed by atoms with Crippen LogP contribution in [0, 0.1) is 0 Å². The molecule has 2 unspecified atom stereocenters. The number of nitrogens with two attached hydrogens (primary N) is 1. The molecule has 2 rings (SSSR count). The molecule has 0 aromatic rings. The average molecular weight is 214 g/mol. The second-order valence-corrected chi connectivity index (χ2v) is 4.52. The summed E-state index contributed by atoms with van der Waals surface area (Å²) in [6.07, 6.45) is 2.42. The second-order valence-electron chi connectivity index (χ2n) is 4.52. The van der Waals surface area contributed by atoms with E-state index in [-0.39, 0.29) is 11.6 Å². The standard InChI is InChI=1S/C11H22N2O2/c1-10-11(9-12,3-7-15-10)13-4-2-6-14-8-5-13/h10H,2-9,12H2,1H3. The molecule has 0 saturated carbocycles. The number of hydrogen-bond donors (Lipinski definition) is 1. The molecule has 0 radical (unpaired) electrons. The molecule has 0 aromatic heterocycles. The summed E-state index contributed by atoms with van der Waals surface area (Å²) in [7, 11) is 0. The van der Waals surface area contributed by atoms with Gasteiger partial charge in [0.2, 0.25) is 0 Å². The van der Waals surface area contributed by atoms with E-state index < -0.39 is 0 Å². The largest absolute Gasteiger partial charge is 0.380 e. The molecule has 2 atom stereocenters. The van der Waals surface area contributed by atoms with Gasteiger partial charge in [0.15, 0.2) is 0 Å². The van der Waals surface area contributed by atoms with E-state index in [0.29, 0.717) is 6.54 Å². The summed E-state index contributed by atoms with van der Waals surface area (Å²) in [4.78, 5) is 2.48. The lowest BCUT2D eigenvalue weighted by Crippen LogP contribution is -2.58. The van der Waals surface area contributed by atoms with Crippen molar-refractivity contribution in [3.63, 3.8) is 0 Å². The van der Waals surface area contributed by atoms with Crippen molar-refractivity contribution in [3.05, 3.63) is 0 Å². The maximum absolute atomic E-state index is 5.98. The van der Waals surface area contributed by atoms with Gasteiger partial charge in [-0.25, -0.2) is 0 Å². The van der Waals surface area contributed by atoms with Crippen molar-refractivity contribution in [3.8, 4) is 0 Å². The molecule has 4 heteroatoms. The van der Waals surface area contributed by atoms with Crippen LogP contribution in [0.15, 0.2) is 0 Å². The summed E-state index contributed by atoms with van der Waals surface area (Å²) < 4.78 is 11.2. The van der Waals surface area contributed by atoms with Crippen molar-refractivity contribution in [2.24, 2.45) is 5.73 Å². The molecule has 2 aliphatic rings. The topological polar surface area (TPSA) is 47.7 Å². The molecule has 88 valence electrons.